The Labute approximate surface area is 120 Å². The van der Waals surface area contributed by atoms with Gasteiger partial charge in [0, 0.05) is 6.54 Å². The minimum absolute atomic E-state index is 0.295. The number of hydrogen-bond acceptors (Lipinski definition) is 3. The van der Waals surface area contributed by atoms with Crippen molar-refractivity contribution >= 4 is 5.97 Å². The molecule has 1 aromatic rings. The van der Waals surface area contributed by atoms with Crippen LogP contribution in [0.25, 0.3) is 0 Å². The van der Waals surface area contributed by atoms with Crippen molar-refractivity contribution in [1.29, 1.82) is 0 Å². The van der Waals surface area contributed by atoms with Crippen molar-refractivity contribution in [3.05, 3.63) is 35.9 Å². The Morgan fingerprint density at radius 3 is 2.35 bits per heavy atom. The third-order valence-corrected chi connectivity index (χ3v) is 3.66. The summed E-state index contributed by atoms with van der Waals surface area (Å²) in [4.78, 5) is 14.3. The number of rotatable bonds is 8. The average molecular weight is 281 g/mol. The Hall–Kier alpha value is -1.42. The van der Waals surface area contributed by atoms with Gasteiger partial charge in [-0.3, -0.25) is 4.79 Å². The SMILES string of the molecule is CCN(CC)CCOC(=O)[C@@](C)(CF)c1ccccc1. The maximum atomic E-state index is 13.4. The van der Waals surface area contributed by atoms with Crippen LogP contribution in [0.4, 0.5) is 4.39 Å². The monoisotopic (exact) mass is 281 g/mol. The Morgan fingerprint density at radius 1 is 1.25 bits per heavy atom. The molecule has 0 spiro atoms. The highest BCUT2D eigenvalue weighted by Crippen LogP contribution is 2.25. The van der Waals surface area contributed by atoms with Crippen LogP contribution in [0.15, 0.2) is 30.3 Å². The van der Waals surface area contributed by atoms with Crippen molar-refractivity contribution in [3.8, 4) is 0 Å². The molecule has 4 heteroatoms. The van der Waals surface area contributed by atoms with Crippen LogP contribution in [0.3, 0.4) is 0 Å². The largest absolute Gasteiger partial charge is 0.464 e. The first-order valence-corrected chi connectivity index (χ1v) is 7.09. The highest BCUT2D eigenvalue weighted by molar-refractivity contribution is 5.82. The summed E-state index contributed by atoms with van der Waals surface area (Å²) in [5.74, 6) is -0.502. The quantitative estimate of drug-likeness (QED) is 0.686. The fraction of sp³-hybridized carbons (Fsp3) is 0.562. The van der Waals surface area contributed by atoms with Crippen LogP contribution in [-0.2, 0) is 14.9 Å². The van der Waals surface area contributed by atoms with Crippen molar-refractivity contribution in [2.24, 2.45) is 0 Å². The summed E-state index contributed by atoms with van der Waals surface area (Å²) in [6.45, 7) is 7.73. The summed E-state index contributed by atoms with van der Waals surface area (Å²) in [6, 6.07) is 8.95. The van der Waals surface area contributed by atoms with Crippen LogP contribution >= 0.6 is 0 Å². The molecule has 0 N–H and O–H groups in total. The smallest absolute Gasteiger partial charge is 0.319 e. The van der Waals surface area contributed by atoms with Gasteiger partial charge in [-0.15, -0.1) is 0 Å². The van der Waals surface area contributed by atoms with E-state index in [2.05, 4.69) is 18.7 Å². The molecule has 0 aromatic heterocycles. The van der Waals surface area contributed by atoms with Gasteiger partial charge in [0.2, 0.25) is 0 Å². The Kier molecular flexibility index (Phi) is 6.65. The van der Waals surface area contributed by atoms with Crippen LogP contribution in [0, 0.1) is 0 Å². The molecule has 1 aromatic carbocycles. The van der Waals surface area contributed by atoms with Gasteiger partial charge in [0.25, 0.3) is 0 Å². The number of likely N-dealkylation sites (N-methyl/N-ethyl adjacent to an activating group) is 1. The normalized spacial score (nSPS) is 14.1. The van der Waals surface area contributed by atoms with Crippen molar-refractivity contribution < 1.29 is 13.9 Å². The Bertz CT molecular complexity index is 406. The number of esters is 1. The summed E-state index contributed by atoms with van der Waals surface area (Å²) in [5, 5.41) is 0. The van der Waals surface area contributed by atoms with Gasteiger partial charge in [-0.05, 0) is 25.6 Å². The number of ether oxygens (including phenoxy) is 1. The van der Waals surface area contributed by atoms with Crippen molar-refractivity contribution in [3.63, 3.8) is 0 Å². The summed E-state index contributed by atoms with van der Waals surface area (Å²) < 4.78 is 18.7. The molecule has 0 fully saturated rings. The van der Waals surface area contributed by atoms with E-state index in [-0.39, 0.29) is 0 Å². The number of halogens is 1. The first kappa shape index (κ1) is 16.6. The molecule has 0 unspecified atom stereocenters. The van der Waals surface area contributed by atoms with E-state index in [0.29, 0.717) is 18.7 Å². The van der Waals surface area contributed by atoms with E-state index in [1.165, 1.54) is 0 Å². The van der Waals surface area contributed by atoms with Crippen molar-refractivity contribution in [2.45, 2.75) is 26.2 Å². The van der Waals surface area contributed by atoms with Gasteiger partial charge in [-0.25, -0.2) is 4.39 Å². The molecule has 3 nitrogen and oxygen atoms in total. The molecule has 0 radical (unpaired) electrons. The summed E-state index contributed by atoms with van der Waals surface area (Å²) in [7, 11) is 0. The molecule has 20 heavy (non-hydrogen) atoms. The number of alkyl halides is 1. The molecule has 112 valence electrons. The van der Waals surface area contributed by atoms with E-state index in [9.17, 15) is 9.18 Å². The topological polar surface area (TPSA) is 29.5 Å². The molecule has 0 aliphatic rings. The molecule has 1 rings (SSSR count). The molecule has 0 saturated heterocycles. The highest BCUT2D eigenvalue weighted by Gasteiger charge is 2.37. The molecule has 0 aliphatic heterocycles. The zero-order chi connectivity index (χ0) is 15.0. The number of benzene rings is 1. The predicted octanol–water partition coefficient (Wildman–Crippen LogP) is 2.80. The van der Waals surface area contributed by atoms with Gasteiger partial charge < -0.3 is 9.64 Å². The third-order valence-electron chi connectivity index (χ3n) is 3.66. The molecule has 0 bridgehead atoms. The van der Waals surface area contributed by atoms with Crippen molar-refractivity contribution in [2.75, 3.05) is 32.9 Å². The molecule has 0 aliphatic carbocycles. The van der Waals surface area contributed by atoms with Crippen LogP contribution < -0.4 is 0 Å². The van der Waals surface area contributed by atoms with E-state index in [1.807, 2.05) is 6.07 Å². The van der Waals surface area contributed by atoms with Crippen LogP contribution in [0.1, 0.15) is 26.3 Å². The summed E-state index contributed by atoms with van der Waals surface area (Å²) in [5.41, 5.74) is -0.569. The van der Waals surface area contributed by atoms with Gasteiger partial charge >= 0.3 is 5.97 Å². The lowest BCUT2D eigenvalue weighted by Gasteiger charge is -2.25. The average Bonchev–Trinajstić information content (AvgIpc) is 2.51. The first-order chi connectivity index (χ1) is 9.58. The van der Waals surface area contributed by atoms with Crippen molar-refractivity contribution in [1.82, 2.24) is 4.90 Å². The fourth-order valence-corrected chi connectivity index (χ4v) is 2.02. The molecular weight excluding hydrogens is 257 g/mol. The summed E-state index contributed by atoms with van der Waals surface area (Å²) in [6.07, 6.45) is 0. The second-order valence-electron chi connectivity index (χ2n) is 4.99. The first-order valence-electron chi connectivity index (χ1n) is 7.09. The molecule has 0 heterocycles. The lowest BCUT2D eigenvalue weighted by atomic mass is 9.84. The van der Waals surface area contributed by atoms with E-state index >= 15 is 0 Å². The lowest BCUT2D eigenvalue weighted by molar-refractivity contribution is -0.151. The van der Waals surface area contributed by atoms with E-state index < -0.39 is 18.1 Å². The Morgan fingerprint density at radius 2 is 1.85 bits per heavy atom. The zero-order valence-corrected chi connectivity index (χ0v) is 12.6. The lowest BCUT2D eigenvalue weighted by Crippen LogP contribution is -2.38. The summed E-state index contributed by atoms with van der Waals surface area (Å²) >= 11 is 0. The van der Waals surface area contributed by atoms with Gasteiger partial charge in [-0.1, -0.05) is 44.2 Å². The molecule has 0 saturated carbocycles. The van der Waals surface area contributed by atoms with Crippen LogP contribution in [0.2, 0.25) is 0 Å². The molecular formula is C16H24FNO2. The second kappa shape index (κ2) is 8.00. The minimum Gasteiger partial charge on any atom is -0.464 e. The number of hydrogen-bond donors (Lipinski definition) is 0. The maximum absolute atomic E-state index is 13.4. The standard InChI is InChI=1S/C16H24FNO2/c1-4-18(5-2)11-12-20-15(19)16(3,13-17)14-9-7-6-8-10-14/h6-10H,4-5,11-13H2,1-3H3/t16-/m0/s1. The van der Waals surface area contributed by atoms with Gasteiger partial charge in [0.15, 0.2) is 0 Å². The predicted molar refractivity (Wildman–Crippen MR) is 78.5 cm³/mol. The van der Waals surface area contributed by atoms with E-state index in [1.54, 1.807) is 31.2 Å². The van der Waals surface area contributed by atoms with Gasteiger partial charge in [0.1, 0.15) is 18.7 Å². The molecule has 1 atom stereocenters. The second-order valence-corrected chi connectivity index (χ2v) is 4.99. The van der Waals surface area contributed by atoms with Crippen LogP contribution in [-0.4, -0.2) is 43.8 Å². The van der Waals surface area contributed by atoms with E-state index in [0.717, 1.165) is 13.1 Å². The third kappa shape index (κ3) is 4.04. The number of carbonyl (C=O) groups is 1. The van der Waals surface area contributed by atoms with Gasteiger partial charge in [-0.2, -0.15) is 0 Å². The minimum atomic E-state index is -1.22. The number of carbonyl (C=O) groups excluding carboxylic acids is 1. The highest BCUT2D eigenvalue weighted by atomic mass is 19.1. The maximum Gasteiger partial charge on any atom is 0.319 e. The van der Waals surface area contributed by atoms with Gasteiger partial charge in [0.05, 0.1) is 0 Å². The van der Waals surface area contributed by atoms with E-state index in [4.69, 9.17) is 4.74 Å². The Balaban J connectivity index is 2.64. The van der Waals surface area contributed by atoms with Crippen LogP contribution in [0.5, 0.6) is 0 Å². The fourth-order valence-electron chi connectivity index (χ4n) is 2.02. The molecule has 0 amide bonds. The zero-order valence-electron chi connectivity index (χ0n) is 12.6. The number of nitrogens with zero attached hydrogens (tertiary/aromatic N) is 1.